The summed E-state index contributed by atoms with van der Waals surface area (Å²) in [5.74, 6) is -2.77. The van der Waals surface area contributed by atoms with Crippen LogP contribution in [0.5, 0.6) is 0 Å². The van der Waals surface area contributed by atoms with Crippen molar-refractivity contribution < 1.29 is 43.6 Å². The van der Waals surface area contributed by atoms with E-state index in [2.05, 4.69) is 28.4 Å². The SMILES string of the molecule is CC(=O)[C@@H](N)CC(C)C.CC(C)[C@H](N)C(=O)OOC(=O)[C@@H](N)CCC(N)CN.COC(=O)c1cccc(C(=O)O)c1. The topological polar surface area (TPSA) is 263 Å². The number of ether oxygens (including phenoxy) is 1. The predicted octanol–water partition coefficient (Wildman–Crippen LogP) is 0.485. The number of carbonyl (C=O) groups excluding carboxylic acids is 4. The van der Waals surface area contributed by atoms with Gasteiger partial charge in [-0.3, -0.25) is 4.79 Å². The molecular formula is C27H47N5O9. The molecule has 0 aromatic heterocycles. The minimum absolute atomic E-state index is 0.0721. The van der Waals surface area contributed by atoms with Crippen molar-refractivity contribution in [1.29, 1.82) is 0 Å². The van der Waals surface area contributed by atoms with Gasteiger partial charge in [-0.25, -0.2) is 29.0 Å². The number of esters is 1. The molecule has 14 heteroatoms. The Morgan fingerprint density at radius 1 is 0.854 bits per heavy atom. The van der Waals surface area contributed by atoms with Gasteiger partial charge in [-0.1, -0.05) is 33.8 Å². The van der Waals surface area contributed by atoms with E-state index in [-0.39, 0.29) is 34.9 Å². The number of carbonyl (C=O) groups is 5. The zero-order chi connectivity index (χ0) is 32.3. The summed E-state index contributed by atoms with van der Waals surface area (Å²) in [6, 6.07) is 3.44. The van der Waals surface area contributed by atoms with E-state index < -0.39 is 36.0 Å². The molecular weight excluding hydrogens is 538 g/mol. The third-order valence-electron chi connectivity index (χ3n) is 5.43. The number of aromatic carboxylic acids is 1. The number of benzene rings is 1. The first kappa shape index (κ1) is 39.7. The molecule has 11 N–H and O–H groups in total. The van der Waals surface area contributed by atoms with Crippen LogP contribution in [0.1, 0.15) is 74.6 Å². The molecule has 234 valence electrons. The van der Waals surface area contributed by atoms with E-state index in [1.807, 2.05) is 0 Å². The number of carboxylic acids is 1. The van der Waals surface area contributed by atoms with Crippen molar-refractivity contribution in [3.63, 3.8) is 0 Å². The summed E-state index contributed by atoms with van der Waals surface area (Å²) in [7, 11) is 1.25. The number of ketones is 1. The fraction of sp³-hybridized carbons (Fsp3) is 0.593. The number of hydrogen-bond acceptors (Lipinski definition) is 13. The van der Waals surface area contributed by atoms with Gasteiger partial charge in [-0.05, 0) is 56.2 Å². The van der Waals surface area contributed by atoms with Gasteiger partial charge in [-0.2, -0.15) is 0 Å². The minimum Gasteiger partial charge on any atom is -0.478 e. The highest BCUT2D eigenvalue weighted by molar-refractivity contribution is 5.94. The molecule has 1 unspecified atom stereocenters. The molecule has 0 heterocycles. The standard InChI is InChI=1S/C11H24N4O4.C9H8O4.C7H15NO/c1-6(2)9(15)11(17)19-18-10(16)8(14)4-3-7(13)5-12;1-13-9(12)7-4-2-3-6(5-7)8(10)11;1-5(2)4-7(8)6(3)9/h6-9H,3-5,12-15H2,1-2H3;2-5H,1H3,(H,10,11);5,7H,4,8H2,1-3H3/t7?,8-,9-;;7-/m0.0/s1. The lowest BCUT2D eigenvalue weighted by Gasteiger charge is -2.15. The van der Waals surface area contributed by atoms with Gasteiger partial charge >= 0.3 is 23.9 Å². The highest BCUT2D eigenvalue weighted by atomic mass is 17.2. The maximum Gasteiger partial charge on any atom is 0.372 e. The van der Waals surface area contributed by atoms with Gasteiger partial charge in [0.15, 0.2) is 0 Å². The van der Waals surface area contributed by atoms with Crippen LogP contribution in [0.15, 0.2) is 24.3 Å². The third-order valence-corrected chi connectivity index (χ3v) is 5.43. The minimum atomic E-state index is -1.06. The largest absolute Gasteiger partial charge is 0.478 e. The van der Waals surface area contributed by atoms with Crippen LogP contribution in [0.25, 0.3) is 0 Å². The van der Waals surface area contributed by atoms with Crippen molar-refractivity contribution in [3.05, 3.63) is 35.4 Å². The average Bonchev–Trinajstić information content (AvgIpc) is 2.93. The summed E-state index contributed by atoms with van der Waals surface area (Å²) < 4.78 is 4.44. The van der Waals surface area contributed by atoms with E-state index >= 15 is 0 Å². The van der Waals surface area contributed by atoms with Gasteiger partial charge in [0, 0.05) is 12.6 Å². The molecule has 0 saturated carbocycles. The van der Waals surface area contributed by atoms with Crippen LogP contribution in [-0.2, 0) is 28.9 Å². The summed E-state index contributed by atoms with van der Waals surface area (Å²) in [5, 5.41) is 8.61. The highest BCUT2D eigenvalue weighted by Gasteiger charge is 2.24. The van der Waals surface area contributed by atoms with Gasteiger partial charge in [0.25, 0.3) is 0 Å². The Morgan fingerprint density at radius 3 is 1.80 bits per heavy atom. The van der Waals surface area contributed by atoms with Crippen LogP contribution in [0.3, 0.4) is 0 Å². The lowest BCUT2D eigenvalue weighted by molar-refractivity contribution is -0.261. The van der Waals surface area contributed by atoms with Gasteiger partial charge < -0.3 is 38.5 Å². The van der Waals surface area contributed by atoms with Gasteiger partial charge in [-0.15, -0.1) is 0 Å². The molecule has 1 aromatic rings. The second kappa shape index (κ2) is 21.3. The smallest absolute Gasteiger partial charge is 0.372 e. The van der Waals surface area contributed by atoms with Crippen LogP contribution in [0.4, 0.5) is 0 Å². The Balaban J connectivity index is 0. The zero-order valence-electron chi connectivity index (χ0n) is 24.7. The number of rotatable bonds is 12. The lowest BCUT2D eigenvalue weighted by Crippen LogP contribution is -2.40. The quantitative estimate of drug-likeness (QED) is 0.111. The first-order valence-electron chi connectivity index (χ1n) is 13.0. The van der Waals surface area contributed by atoms with E-state index in [1.54, 1.807) is 13.8 Å². The molecule has 0 spiro atoms. The second-order valence-corrected chi connectivity index (χ2v) is 9.98. The number of methoxy groups -OCH3 is 1. The Bertz CT molecular complexity index is 972. The molecule has 41 heavy (non-hydrogen) atoms. The van der Waals surface area contributed by atoms with Crippen molar-refractivity contribution in [2.45, 2.75) is 78.0 Å². The lowest BCUT2D eigenvalue weighted by atomic mass is 10.0. The molecule has 0 saturated heterocycles. The van der Waals surface area contributed by atoms with Crippen LogP contribution in [0.2, 0.25) is 0 Å². The predicted molar refractivity (Wildman–Crippen MR) is 152 cm³/mol. The summed E-state index contributed by atoms with van der Waals surface area (Å²) in [5.41, 5.74) is 27.7. The van der Waals surface area contributed by atoms with E-state index in [0.29, 0.717) is 25.3 Å². The van der Waals surface area contributed by atoms with Gasteiger partial charge in [0.05, 0.1) is 24.3 Å². The normalized spacial score (nSPS) is 13.3. The van der Waals surface area contributed by atoms with Crippen LogP contribution in [-0.4, -0.2) is 72.6 Å². The second-order valence-electron chi connectivity index (χ2n) is 9.98. The molecule has 14 nitrogen and oxygen atoms in total. The Hall–Kier alpha value is -3.43. The molecule has 0 bridgehead atoms. The molecule has 0 radical (unpaired) electrons. The van der Waals surface area contributed by atoms with E-state index in [4.69, 9.17) is 33.8 Å². The van der Waals surface area contributed by atoms with Crippen molar-refractivity contribution in [2.75, 3.05) is 13.7 Å². The first-order valence-corrected chi connectivity index (χ1v) is 13.0. The van der Waals surface area contributed by atoms with E-state index in [0.717, 1.165) is 6.42 Å². The fourth-order valence-corrected chi connectivity index (χ4v) is 2.67. The Labute approximate surface area is 241 Å². The number of Topliss-reactive ketones (excluding diaryl/α,β-unsaturated/α-hetero) is 1. The van der Waals surface area contributed by atoms with Gasteiger partial charge in [0.1, 0.15) is 17.9 Å². The summed E-state index contributed by atoms with van der Waals surface area (Å²) in [6.45, 7) is 9.44. The first-order chi connectivity index (χ1) is 19.0. The third kappa shape index (κ3) is 18.5. The highest BCUT2D eigenvalue weighted by Crippen LogP contribution is 2.06. The maximum atomic E-state index is 11.4. The molecule has 0 amide bonds. The van der Waals surface area contributed by atoms with Crippen molar-refractivity contribution in [2.24, 2.45) is 40.5 Å². The fourth-order valence-electron chi connectivity index (χ4n) is 2.67. The van der Waals surface area contributed by atoms with E-state index in [1.165, 1.54) is 38.3 Å². The zero-order valence-corrected chi connectivity index (χ0v) is 24.7. The number of hydrogen-bond donors (Lipinski definition) is 6. The molecule has 1 rings (SSSR count). The molecule has 0 aliphatic rings. The summed E-state index contributed by atoms with van der Waals surface area (Å²) in [6.07, 6.45) is 1.58. The molecule has 0 aliphatic heterocycles. The number of nitrogens with two attached hydrogens (primary N) is 5. The van der Waals surface area contributed by atoms with Crippen LogP contribution < -0.4 is 28.7 Å². The molecule has 0 aliphatic carbocycles. The van der Waals surface area contributed by atoms with Crippen LogP contribution in [0, 0.1) is 11.8 Å². The number of carboxylic acid groups (broad SMARTS) is 1. The summed E-state index contributed by atoms with van der Waals surface area (Å²) >= 11 is 0. The van der Waals surface area contributed by atoms with Crippen molar-refractivity contribution in [1.82, 2.24) is 0 Å². The van der Waals surface area contributed by atoms with E-state index in [9.17, 15) is 24.0 Å². The Morgan fingerprint density at radius 2 is 1.39 bits per heavy atom. The molecule has 0 fully saturated rings. The monoisotopic (exact) mass is 585 g/mol. The summed E-state index contributed by atoms with van der Waals surface area (Å²) in [4.78, 5) is 63.4. The average molecular weight is 586 g/mol. The van der Waals surface area contributed by atoms with Crippen molar-refractivity contribution in [3.8, 4) is 0 Å². The Kier molecular flexibility index (Phi) is 20.7. The van der Waals surface area contributed by atoms with Crippen molar-refractivity contribution >= 4 is 29.7 Å². The maximum absolute atomic E-state index is 11.4. The van der Waals surface area contributed by atoms with Crippen LogP contribution >= 0.6 is 0 Å². The molecule has 4 atom stereocenters. The van der Waals surface area contributed by atoms with Gasteiger partial charge in [0.2, 0.25) is 0 Å². The molecule has 1 aromatic carbocycles.